The Hall–Kier alpha value is -0.530. The van der Waals surface area contributed by atoms with Gasteiger partial charge in [0.1, 0.15) is 0 Å². The lowest BCUT2D eigenvalue weighted by atomic mass is 10.1. The maximum atomic E-state index is 2.71. The predicted octanol–water partition coefficient (Wildman–Crippen LogP) is 4.43. The molecule has 2 rings (SSSR count). The summed E-state index contributed by atoms with van der Waals surface area (Å²) in [4.78, 5) is 2.71. The van der Waals surface area contributed by atoms with Crippen LogP contribution in [0.4, 0.5) is 0 Å². The maximum absolute atomic E-state index is 2.71. The van der Waals surface area contributed by atoms with E-state index in [1.807, 2.05) is 0 Å². The molecule has 20 heavy (non-hydrogen) atoms. The minimum absolute atomic E-state index is 1.32. The van der Waals surface area contributed by atoms with Crippen molar-refractivity contribution in [2.75, 3.05) is 26.2 Å². The summed E-state index contributed by atoms with van der Waals surface area (Å²) in [5.41, 5.74) is 0. The molecular weight excluding hydrogens is 244 g/mol. The highest BCUT2D eigenvalue weighted by atomic mass is 15.3. The van der Waals surface area contributed by atoms with Crippen LogP contribution in [0.3, 0.4) is 0 Å². The van der Waals surface area contributed by atoms with Crippen LogP contribution in [0, 0.1) is 0 Å². The average Bonchev–Trinajstić information content (AvgIpc) is 2.50. The monoisotopic (exact) mass is 279 g/mol. The number of hydrogen-bond acceptors (Lipinski definition) is 1. The molecule has 0 atom stereocenters. The summed E-state index contributed by atoms with van der Waals surface area (Å²) in [6, 6.07) is 0. The van der Waals surface area contributed by atoms with Gasteiger partial charge in [-0.2, -0.15) is 0 Å². The smallest absolute Gasteiger partial charge is 0.246 e. The van der Waals surface area contributed by atoms with E-state index >= 15 is 0 Å². The van der Waals surface area contributed by atoms with Crippen LogP contribution in [0.15, 0.2) is 0 Å². The van der Waals surface area contributed by atoms with Gasteiger partial charge in [-0.25, -0.2) is 0 Å². The molecular formula is C18H35N2+. The lowest BCUT2D eigenvalue weighted by molar-refractivity contribution is -0.544. The first kappa shape index (κ1) is 15.9. The van der Waals surface area contributed by atoms with Gasteiger partial charge in [0, 0.05) is 12.8 Å². The molecule has 0 fully saturated rings. The molecule has 2 nitrogen and oxygen atoms in total. The SMILES string of the molecule is CCCCCCCCCCN1CCC[N+]2=C1CCCC2. The third kappa shape index (κ3) is 5.10. The number of rotatable bonds is 9. The summed E-state index contributed by atoms with van der Waals surface area (Å²) < 4.78 is 2.66. The van der Waals surface area contributed by atoms with E-state index in [9.17, 15) is 0 Å². The third-order valence-electron chi connectivity index (χ3n) is 4.95. The Morgan fingerprint density at radius 3 is 2.35 bits per heavy atom. The number of hydrogen-bond donors (Lipinski definition) is 0. The van der Waals surface area contributed by atoms with E-state index in [1.165, 1.54) is 103 Å². The molecule has 0 saturated carbocycles. The highest BCUT2D eigenvalue weighted by molar-refractivity contribution is 5.78. The summed E-state index contributed by atoms with van der Waals surface area (Å²) >= 11 is 0. The number of amidine groups is 1. The van der Waals surface area contributed by atoms with E-state index in [1.54, 1.807) is 5.84 Å². The van der Waals surface area contributed by atoms with Crippen molar-refractivity contribution in [1.29, 1.82) is 0 Å². The van der Waals surface area contributed by atoms with Gasteiger partial charge in [-0.1, -0.05) is 45.4 Å². The Morgan fingerprint density at radius 1 is 0.850 bits per heavy atom. The van der Waals surface area contributed by atoms with Gasteiger partial charge < -0.3 is 0 Å². The summed E-state index contributed by atoms with van der Waals surface area (Å²) in [7, 11) is 0. The number of nitrogens with zero attached hydrogens (tertiary/aromatic N) is 2. The summed E-state index contributed by atoms with van der Waals surface area (Å²) in [5.74, 6) is 1.69. The van der Waals surface area contributed by atoms with Crippen LogP contribution in [-0.4, -0.2) is 41.5 Å². The van der Waals surface area contributed by atoms with Gasteiger partial charge in [0.05, 0.1) is 26.2 Å². The van der Waals surface area contributed by atoms with Crippen LogP contribution in [-0.2, 0) is 0 Å². The molecule has 0 bridgehead atoms. The lowest BCUT2D eigenvalue weighted by Gasteiger charge is -2.29. The second-order valence-electron chi connectivity index (χ2n) is 6.68. The van der Waals surface area contributed by atoms with Crippen molar-refractivity contribution in [1.82, 2.24) is 4.90 Å². The third-order valence-corrected chi connectivity index (χ3v) is 4.95. The molecule has 2 heterocycles. The molecule has 0 amide bonds. The van der Waals surface area contributed by atoms with Crippen molar-refractivity contribution in [3.63, 3.8) is 0 Å². The van der Waals surface area contributed by atoms with Crippen LogP contribution in [0.2, 0.25) is 0 Å². The Bertz CT molecular complexity index is 292. The topological polar surface area (TPSA) is 6.25 Å². The zero-order valence-electron chi connectivity index (χ0n) is 13.7. The zero-order valence-corrected chi connectivity index (χ0v) is 13.7. The average molecular weight is 279 g/mol. The molecule has 2 aliphatic heterocycles. The van der Waals surface area contributed by atoms with Crippen LogP contribution < -0.4 is 0 Å². The second-order valence-corrected chi connectivity index (χ2v) is 6.68. The fourth-order valence-electron chi connectivity index (χ4n) is 3.73. The van der Waals surface area contributed by atoms with Gasteiger partial charge in [-0.15, -0.1) is 0 Å². The van der Waals surface area contributed by atoms with Crippen molar-refractivity contribution < 1.29 is 4.58 Å². The van der Waals surface area contributed by atoms with Gasteiger partial charge in [0.25, 0.3) is 0 Å². The molecule has 116 valence electrons. The standard InChI is InChI=1S/C18H35N2/c1-2-3-4-5-6-7-8-10-14-19-16-12-17-20-15-11-9-13-18(19)20/h2-17H2,1H3/q+1. The Morgan fingerprint density at radius 2 is 1.55 bits per heavy atom. The quantitative estimate of drug-likeness (QED) is 0.447. The van der Waals surface area contributed by atoms with E-state index in [4.69, 9.17) is 0 Å². The van der Waals surface area contributed by atoms with Crippen molar-refractivity contribution >= 4 is 5.84 Å². The zero-order chi connectivity index (χ0) is 14.0. The first-order chi connectivity index (χ1) is 9.92. The van der Waals surface area contributed by atoms with Crippen LogP contribution in [0.5, 0.6) is 0 Å². The Labute approximate surface area is 126 Å². The largest absolute Gasteiger partial charge is 0.266 e. The van der Waals surface area contributed by atoms with E-state index in [2.05, 4.69) is 16.4 Å². The highest BCUT2D eigenvalue weighted by Crippen LogP contribution is 2.16. The van der Waals surface area contributed by atoms with Crippen molar-refractivity contribution in [3.8, 4) is 0 Å². The second kappa shape index (κ2) is 9.41. The van der Waals surface area contributed by atoms with E-state index in [0.29, 0.717) is 0 Å². The van der Waals surface area contributed by atoms with E-state index in [-0.39, 0.29) is 0 Å². The molecule has 0 radical (unpaired) electrons. The van der Waals surface area contributed by atoms with E-state index in [0.717, 1.165) is 0 Å². The predicted molar refractivity (Wildman–Crippen MR) is 87.7 cm³/mol. The lowest BCUT2D eigenvalue weighted by Crippen LogP contribution is -2.46. The van der Waals surface area contributed by atoms with Gasteiger partial charge in [0.15, 0.2) is 0 Å². The summed E-state index contributed by atoms with van der Waals surface area (Å²) in [5, 5.41) is 0. The fraction of sp³-hybridized carbons (Fsp3) is 0.944. The van der Waals surface area contributed by atoms with Gasteiger partial charge in [-0.3, -0.25) is 9.48 Å². The molecule has 0 aromatic heterocycles. The molecule has 0 spiro atoms. The van der Waals surface area contributed by atoms with Gasteiger partial charge in [-0.05, 0) is 25.7 Å². The maximum Gasteiger partial charge on any atom is 0.246 e. The van der Waals surface area contributed by atoms with Crippen LogP contribution in [0.1, 0.15) is 84.0 Å². The molecule has 0 aromatic rings. The minimum Gasteiger partial charge on any atom is -0.266 e. The molecule has 0 N–H and O–H groups in total. The molecule has 0 aromatic carbocycles. The van der Waals surface area contributed by atoms with Gasteiger partial charge in [0.2, 0.25) is 5.84 Å². The molecule has 2 aliphatic rings. The summed E-state index contributed by atoms with van der Waals surface area (Å²) in [6.07, 6.45) is 17.0. The van der Waals surface area contributed by atoms with Crippen LogP contribution in [0.25, 0.3) is 0 Å². The van der Waals surface area contributed by atoms with Crippen molar-refractivity contribution in [3.05, 3.63) is 0 Å². The van der Waals surface area contributed by atoms with Gasteiger partial charge >= 0.3 is 0 Å². The molecule has 0 aliphatic carbocycles. The van der Waals surface area contributed by atoms with Crippen molar-refractivity contribution in [2.24, 2.45) is 0 Å². The van der Waals surface area contributed by atoms with Crippen LogP contribution >= 0.6 is 0 Å². The first-order valence-corrected chi connectivity index (χ1v) is 9.27. The fourth-order valence-corrected chi connectivity index (χ4v) is 3.73. The van der Waals surface area contributed by atoms with E-state index < -0.39 is 0 Å². The molecule has 0 saturated heterocycles. The normalized spacial score (nSPS) is 19.4. The van der Waals surface area contributed by atoms with Crippen molar-refractivity contribution in [2.45, 2.75) is 84.0 Å². The Kier molecular flexibility index (Phi) is 7.46. The number of unbranched alkanes of at least 4 members (excludes halogenated alkanes) is 7. The minimum atomic E-state index is 1.32. The molecule has 0 unspecified atom stereocenters. The summed E-state index contributed by atoms with van der Waals surface area (Å²) in [6.45, 7) is 7.58. The Balaban J connectivity index is 1.57. The molecule has 2 heteroatoms. The highest BCUT2D eigenvalue weighted by Gasteiger charge is 2.28. The first-order valence-electron chi connectivity index (χ1n) is 9.27.